The minimum absolute atomic E-state index is 0.568. The van der Waals surface area contributed by atoms with Crippen LogP contribution in [0.4, 0.5) is 0 Å². The molecule has 2 saturated carbocycles. The molecule has 0 spiro atoms. The molecule has 2 aliphatic rings. The highest BCUT2D eigenvalue weighted by molar-refractivity contribution is 4.99. The molecule has 3 unspecified atom stereocenters. The first-order valence-corrected chi connectivity index (χ1v) is 7.16. The summed E-state index contributed by atoms with van der Waals surface area (Å²) in [6, 6.07) is 0. The average molecular weight is 218 g/mol. The van der Waals surface area contributed by atoms with Crippen LogP contribution >= 0.6 is 0 Å². The van der Waals surface area contributed by atoms with Crippen molar-refractivity contribution >= 4 is 0 Å². The molecular formula is C16H26. The van der Waals surface area contributed by atoms with Crippen LogP contribution in [0.1, 0.15) is 58.8 Å². The van der Waals surface area contributed by atoms with Crippen molar-refractivity contribution in [2.24, 2.45) is 29.6 Å². The summed E-state index contributed by atoms with van der Waals surface area (Å²) in [7, 11) is 0. The SMILES string of the molecule is C#CC1CC(C2CCC(C)CC2)CCC1C. The van der Waals surface area contributed by atoms with E-state index in [0.29, 0.717) is 5.92 Å². The fourth-order valence-electron chi connectivity index (χ4n) is 3.77. The molecule has 0 saturated heterocycles. The van der Waals surface area contributed by atoms with Gasteiger partial charge in [0.15, 0.2) is 0 Å². The van der Waals surface area contributed by atoms with Crippen molar-refractivity contribution in [2.75, 3.05) is 0 Å². The van der Waals surface area contributed by atoms with Gasteiger partial charge in [-0.05, 0) is 55.8 Å². The highest BCUT2D eigenvalue weighted by Crippen LogP contribution is 2.43. The molecule has 0 aromatic heterocycles. The van der Waals surface area contributed by atoms with Crippen LogP contribution in [0.15, 0.2) is 0 Å². The molecule has 3 atom stereocenters. The number of rotatable bonds is 1. The van der Waals surface area contributed by atoms with Crippen LogP contribution in [0, 0.1) is 41.9 Å². The van der Waals surface area contributed by atoms with E-state index in [9.17, 15) is 0 Å². The zero-order valence-electron chi connectivity index (χ0n) is 10.9. The molecule has 0 aromatic rings. The summed E-state index contributed by atoms with van der Waals surface area (Å²) in [6.45, 7) is 4.74. The molecule has 0 heteroatoms. The third-order valence-electron chi connectivity index (χ3n) is 5.18. The Bertz CT molecular complexity index is 252. The third-order valence-corrected chi connectivity index (χ3v) is 5.18. The van der Waals surface area contributed by atoms with E-state index in [4.69, 9.17) is 6.42 Å². The quantitative estimate of drug-likeness (QED) is 0.569. The van der Waals surface area contributed by atoms with Crippen molar-refractivity contribution < 1.29 is 0 Å². The van der Waals surface area contributed by atoms with Gasteiger partial charge < -0.3 is 0 Å². The molecule has 0 aromatic carbocycles. The highest BCUT2D eigenvalue weighted by Gasteiger charge is 2.32. The highest BCUT2D eigenvalue weighted by atomic mass is 14.4. The third kappa shape index (κ3) is 2.62. The molecule has 2 rings (SSSR count). The van der Waals surface area contributed by atoms with E-state index < -0.39 is 0 Å². The number of hydrogen-bond acceptors (Lipinski definition) is 0. The number of terminal acetylenes is 1. The smallest absolute Gasteiger partial charge is 0.0228 e. The van der Waals surface area contributed by atoms with Crippen molar-refractivity contribution in [1.29, 1.82) is 0 Å². The van der Waals surface area contributed by atoms with Gasteiger partial charge in [0.1, 0.15) is 0 Å². The van der Waals surface area contributed by atoms with E-state index in [-0.39, 0.29) is 0 Å². The van der Waals surface area contributed by atoms with Crippen molar-refractivity contribution in [1.82, 2.24) is 0 Å². The normalized spacial score (nSPS) is 44.9. The zero-order chi connectivity index (χ0) is 11.5. The van der Waals surface area contributed by atoms with E-state index in [1.54, 1.807) is 0 Å². The summed E-state index contributed by atoms with van der Waals surface area (Å²) in [6.07, 6.45) is 15.6. The van der Waals surface area contributed by atoms with Crippen molar-refractivity contribution in [3.63, 3.8) is 0 Å². The van der Waals surface area contributed by atoms with Gasteiger partial charge in [0.2, 0.25) is 0 Å². The van der Waals surface area contributed by atoms with E-state index in [1.165, 1.54) is 44.9 Å². The second kappa shape index (κ2) is 5.26. The predicted octanol–water partition coefficient (Wildman–Crippen LogP) is 4.50. The van der Waals surface area contributed by atoms with Gasteiger partial charge >= 0.3 is 0 Å². The fourth-order valence-corrected chi connectivity index (χ4v) is 3.77. The van der Waals surface area contributed by atoms with Crippen LogP contribution in [0.5, 0.6) is 0 Å². The Morgan fingerprint density at radius 2 is 1.50 bits per heavy atom. The second-order valence-electron chi connectivity index (χ2n) is 6.34. The molecule has 0 nitrogen and oxygen atoms in total. The van der Waals surface area contributed by atoms with Gasteiger partial charge in [-0.25, -0.2) is 0 Å². The minimum Gasteiger partial charge on any atom is -0.120 e. The van der Waals surface area contributed by atoms with Crippen LogP contribution in [0.3, 0.4) is 0 Å². The summed E-state index contributed by atoms with van der Waals surface area (Å²) in [5, 5.41) is 0. The maximum atomic E-state index is 5.66. The van der Waals surface area contributed by atoms with Crippen LogP contribution in [0.25, 0.3) is 0 Å². The Hall–Kier alpha value is -0.440. The van der Waals surface area contributed by atoms with E-state index in [0.717, 1.165) is 23.7 Å². The molecule has 90 valence electrons. The lowest BCUT2D eigenvalue weighted by Gasteiger charge is -2.39. The maximum Gasteiger partial charge on any atom is 0.0228 e. The van der Waals surface area contributed by atoms with Crippen molar-refractivity contribution in [3.8, 4) is 12.3 Å². The lowest BCUT2D eigenvalue weighted by Crippen LogP contribution is -2.29. The summed E-state index contributed by atoms with van der Waals surface area (Å²) in [4.78, 5) is 0. The second-order valence-corrected chi connectivity index (χ2v) is 6.34. The topological polar surface area (TPSA) is 0 Å². The summed E-state index contributed by atoms with van der Waals surface area (Å²) < 4.78 is 0. The first kappa shape index (κ1) is 12.0. The van der Waals surface area contributed by atoms with Gasteiger partial charge in [-0.15, -0.1) is 12.3 Å². The molecule has 0 radical (unpaired) electrons. The molecule has 2 fully saturated rings. The molecule has 16 heavy (non-hydrogen) atoms. The lowest BCUT2D eigenvalue weighted by molar-refractivity contribution is 0.133. The Kier molecular flexibility index (Phi) is 3.95. The van der Waals surface area contributed by atoms with E-state index in [1.807, 2.05) is 0 Å². The van der Waals surface area contributed by atoms with Crippen LogP contribution in [-0.4, -0.2) is 0 Å². The van der Waals surface area contributed by atoms with Crippen molar-refractivity contribution in [3.05, 3.63) is 0 Å². The first-order valence-electron chi connectivity index (χ1n) is 7.16. The monoisotopic (exact) mass is 218 g/mol. The Morgan fingerprint density at radius 3 is 2.12 bits per heavy atom. The van der Waals surface area contributed by atoms with Gasteiger partial charge in [0.05, 0.1) is 0 Å². The summed E-state index contributed by atoms with van der Waals surface area (Å²) in [5.74, 6) is 7.29. The average Bonchev–Trinajstić information content (AvgIpc) is 2.31. The standard InChI is InChI=1S/C16H26/c1-4-14-11-16(10-7-13(14)3)15-8-5-12(2)6-9-15/h1,12-16H,5-11H2,2-3H3. The van der Waals surface area contributed by atoms with Crippen LogP contribution < -0.4 is 0 Å². The van der Waals surface area contributed by atoms with E-state index >= 15 is 0 Å². The molecule has 2 aliphatic carbocycles. The van der Waals surface area contributed by atoms with Gasteiger partial charge in [-0.3, -0.25) is 0 Å². The molecule has 0 bridgehead atoms. The van der Waals surface area contributed by atoms with Crippen LogP contribution in [0.2, 0.25) is 0 Å². The first-order chi connectivity index (χ1) is 7.70. The van der Waals surface area contributed by atoms with Crippen molar-refractivity contribution in [2.45, 2.75) is 58.8 Å². The van der Waals surface area contributed by atoms with Gasteiger partial charge in [-0.1, -0.05) is 26.7 Å². The Labute approximate surface area is 101 Å². The molecule has 0 amide bonds. The zero-order valence-corrected chi connectivity index (χ0v) is 10.9. The largest absolute Gasteiger partial charge is 0.120 e. The molecule has 0 heterocycles. The predicted molar refractivity (Wildman–Crippen MR) is 70.0 cm³/mol. The fraction of sp³-hybridized carbons (Fsp3) is 0.875. The maximum absolute atomic E-state index is 5.66. The molecular weight excluding hydrogens is 192 g/mol. The van der Waals surface area contributed by atoms with E-state index in [2.05, 4.69) is 19.8 Å². The van der Waals surface area contributed by atoms with Gasteiger partial charge in [0.25, 0.3) is 0 Å². The minimum atomic E-state index is 0.568. The molecule has 0 aliphatic heterocycles. The van der Waals surface area contributed by atoms with Gasteiger partial charge in [0, 0.05) is 5.92 Å². The van der Waals surface area contributed by atoms with Gasteiger partial charge in [-0.2, -0.15) is 0 Å². The Balaban J connectivity index is 1.88. The molecule has 0 N–H and O–H groups in total. The number of hydrogen-bond donors (Lipinski definition) is 0. The van der Waals surface area contributed by atoms with Crippen LogP contribution in [-0.2, 0) is 0 Å². The summed E-state index contributed by atoms with van der Waals surface area (Å²) >= 11 is 0. The Morgan fingerprint density at radius 1 is 0.875 bits per heavy atom. The lowest BCUT2D eigenvalue weighted by atomic mass is 9.66. The summed E-state index contributed by atoms with van der Waals surface area (Å²) in [5.41, 5.74) is 0.